The van der Waals surface area contributed by atoms with Gasteiger partial charge in [-0.25, -0.2) is 9.18 Å². The summed E-state index contributed by atoms with van der Waals surface area (Å²) in [5.74, 6) is 0.419. The Kier molecular flexibility index (Phi) is 3.54. The Bertz CT molecular complexity index is 834. The fraction of sp³-hybridized carbons (Fsp3) is 0.643. The summed E-state index contributed by atoms with van der Waals surface area (Å²) in [5, 5.41) is 3.10. The average Bonchev–Trinajstić information content (AvgIpc) is 2.82. The number of alkyl halides is 1. The molecule has 22 heavy (non-hydrogen) atoms. The molecule has 2 aromatic rings. The van der Waals surface area contributed by atoms with Gasteiger partial charge < -0.3 is 9.88 Å². The van der Waals surface area contributed by atoms with Gasteiger partial charge in [-0.1, -0.05) is 12.8 Å². The molecule has 8 heteroatoms. The van der Waals surface area contributed by atoms with E-state index in [1.54, 1.807) is 18.7 Å². The van der Waals surface area contributed by atoms with E-state index in [1.807, 2.05) is 0 Å². The molecular formula is C14H20FN5O2. The van der Waals surface area contributed by atoms with Crippen molar-refractivity contribution in [2.75, 3.05) is 5.32 Å². The van der Waals surface area contributed by atoms with Gasteiger partial charge in [-0.05, 0) is 12.8 Å². The van der Waals surface area contributed by atoms with Gasteiger partial charge in [0.25, 0.3) is 5.56 Å². The van der Waals surface area contributed by atoms with E-state index in [4.69, 9.17) is 0 Å². The smallest absolute Gasteiger partial charge is 0.332 e. The lowest BCUT2D eigenvalue weighted by Gasteiger charge is -2.26. The maximum absolute atomic E-state index is 14.0. The molecule has 0 aromatic carbocycles. The first-order valence-corrected chi connectivity index (χ1v) is 7.45. The highest BCUT2D eigenvalue weighted by Crippen LogP contribution is 2.25. The number of fused-ring (bicyclic) bond motifs is 1. The molecule has 7 nitrogen and oxygen atoms in total. The van der Waals surface area contributed by atoms with Crippen LogP contribution in [0.25, 0.3) is 11.2 Å². The predicted molar refractivity (Wildman–Crippen MR) is 82.0 cm³/mol. The topological polar surface area (TPSA) is 73.8 Å². The van der Waals surface area contributed by atoms with Crippen molar-refractivity contribution < 1.29 is 4.39 Å². The Morgan fingerprint density at radius 1 is 1.09 bits per heavy atom. The number of hydrogen-bond acceptors (Lipinski definition) is 4. The maximum atomic E-state index is 14.0. The number of nitrogens with one attached hydrogen (secondary N) is 1. The number of anilines is 1. The maximum Gasteiger partial charge on any atom is 0.332 e. The van der Waals surface area contributed by atoms with Gasteiger partial charge in [0.2, 0.25) is 5.95 Å². The van der Waals surface area contributed by atoms with Crippen molar-refractivity contribution in [3.63, 3.8) is 0 Å². The molecule has 1 saturated carbocycles. The number of rotatable bonds is 2. The van der Waals surface area contributed by atoms with Gasteiger partial charge in [0.1, 0.15) is 6.17 Å². The van der Waals surface area contributed by atoms with Crippen molar-refractivity contribution in [2.24, 2.45) is 21.1 Å². The molecule has 1 aliphatic carbocycles. The van der Waals surface area contributed by atoms with Crippen LogP contribution >= 0.6 is 0 Å². The van der Waals surface area contributed by atoms with E-state index in [2.05, 4.69) is 10.3 Å². The van der Waals surface area contributed by atoms with Crippen LogP contribution in [-0.2, 0) is 21.1 Å². The van der Waals surface area contributed by atoms with E-state index < -0.39 is 17.4 Å². The second-order valence-corrected chi connectivity index (χ2v) is 5.92. The zero-order valence-electron chi connectivity index (χ0n) is 13.0. The Morgan fingerprint density at radius 3 is 2.45 bits per heavy atom. The molecular weight excluding hydrogens is 289 g/mol. The largest absolute Gasteiger partial charge is 0.350 e. The van der Waals surface area contributed by atoms with Crippen LogP contribution in [0, 0.1) is 0 Å². The van der Waals surface area contributed by atoms with Crippen LogP contribution in [0.15, 0.2) is 9.59 Å². The zero-order valence-corrected chi connectivity index (χ0v) is 13.0. The summed E-state index contributed by atoms with van der Waals surface area (Å²) in [5.41, 5.74) is -0.188. The molecule has 0 unspecified atom stereocenters. The van der Waals surface area contributed by atoms with Gasteiger partial charge in [-0.2, -0.15) is 4.98 Å². The number of nitrogens with zero attached hydrogens (tertiary/aromatic N) is 4. The molecule has 1 fully saturated rings. The van der Waals surface area contributed by atoms with Gasteiger partial charge in [0.15, 0.2) is 11.2 Å². The Morgan fingerprint density at radius 2 is 1.77 bits per heavy atom. The molecule has 2 atom stereocenters. The first kappa shape index (κ1) is 14.8. The number of imidazole rings is 1. The van der Waals surface area contributed by atoms with Crippen LogP contribution in [0.5, 0.6) is 0 Å². The van der Waals surface area contributed by atoms with Gasteiger partial charge in [-0.15, -0.1) is 0 Å². The third-order valence-electron chi connectivity index (χ3n) is 4.47. The third-order valence-corrected chi connectivity index (χ3v) is 4.47. The van der Waals surface area contributed by atoms with E-state index >= 15 is 0 Å². The summed E-state index contributed by atoms with van der Waals surface area (Å²) < 4.78 is 18.0. The second-order valence-electron chi connectivity index (χ2n) is 5.92. The van der Waals surface area contributed by atoms with Crippen molar-refractivity contribution in [3.05, 3.63) is 20.8 Å². The molecule has 0 radical (unpaired) electrons. The molecule has 120 valence electrons. The number of aryl methyl sites for hydroxylation is 2. The van der Waals surface area contributed by atoms with E-state index in [9.17, 15) is 14.0 Å². The quantitative estimate of drug-likeness (QED) is 0.884. The van der Waals surface area contributed by atoms with Crippen molar-refractivity contribution in [1.29, 1.82) is 0 Å². The lowest BCUT2D eigenvalue weighted by atomic mass is 9.94. The molecule has 2 heterocycles. The minimum absolute atomic E-state index is 0.301. The summed E-state index contributed by atoms with van der Waals surface area (Å²) in [6.07, 6.45) is 2.24. The van der Waals surface area contributed by atoms with Crippen molar-refractivity contribution in [1.82, 2.24) is 18.7 Å². The molecule has 0 amide bonds. The first-order chi connectivity index (χ1) is 10.4. The average molecular weight is 309 g/mol. The monoisotopic (exact) mass is 309 g/mol. The van der Waals surface area contributed by atoms with Gasteiger partial charge in [-0.3, -0.25) is 13.9 Å². The highest BCUT2D eigenvalue weighted by molar-refractivity contribution is 5.74. The SMILES string of the molecule is Cn1c(=O)c2c(nc(N[C@H]3CCCC[C@@H]3F)n2C)n(C)c1=O. The minimum atomic E-state index is -0.916. The molecule has 0 spiro atoms. The Labute approximate surface area is 126 Å². The number of hydrogen-bond donors (Lipinski definition) is 1. The highest BCUT2D eigenvalue weighted by atomic mass is 19.1. The van der Waals surface area contributed by atoms with Crippen LogP contribution in [0.1, 0.15) is 25.7 Å². The number of aromatic nitrogens is 4. The fourth-order valence-corrected chi connectivity index (χ4v) is 3.06. The van der Waals surface area contributed by atoms with E-state index in [0.29, 0.717) is 23.5 Å². The Hall–Kier alpha value is -2.12. The van der Waals surface area contributed by atoms with Crippen LogP contribution in [0.2, 0.25) is 0 Å². The standard InChI is InChI=1S/C14H20FN5O2/c1-18-10-11(19(2)14(22)20(3)12(10)21)17-13(18)16-9-7-5-4-6-8(9)15/h8-9H,4-7H2,1-3H3,(H,16,17)/t8-,9-/m0/s1. The predicted octanol–water partition coefficient (Wildman–Crippen LogP) is 0.663. The summed E-state index contributed by atoms with van der Waals surface area (Å²) >= 11 is 0. The van der Waals surface area contributed by atoms with Crippen molar-refractivity contribution in [3.8, 4) is 0 Å². The minimum Gasteiger partial charge on any atom is -0.350 e. The van der Waals surface area contributed by atoms with E-state index in [0.717, 1.165) is 23.8 Å². The van der Waals surface area contributed by atoms with Crippen LogP contribution < -0.4 is 16.6 Å². The summed E-state index contributed by atoms with van der Waals surface area (Å²) in [4.78, 5) is 28.6. The molecule has 2 aromatic heterocycles. The highest BCUT2D eigenvalue weighted by Gasteiger charge is 2.26. The molecule has 0 saturated heterocycles. The van der Waals surface area contributed by atoms with Crippen molar-refractivity contribution >= 4 is 17.1 Å². The summed E-state index contributed by atoms with van der Waals surface area (Å²) in [7, 11) is 4.70. The van der Waals surface area contributed by atoms with Gasteiger partial charge in [0, 0.05) is 21.1 Å². The Balaban J connectivity index is 2.11. The van der Waals surface area contributed by atoms with Crippen LogP contribution in [0.4, 0.5) is 10.3 Å². The summed E-state index contributed by atoms with van der Waals surface area (Å²) in [6.45, 7) is 0. The second kappa shape index (κ2) is 5.26. The number of halogens is 1. The molecule has 3 rings (SSSR count). The molecule has 1 N–H and O–H groups in total. The van der Waals surface area contributed by atoms with E-state index in [1.165, 1.54) is 11.6 Å². The molecule has 1 aliphatic rings. The molecule has 0 aliphatic heterocycles. The normalized spacial score (nSPS) is 22.2. The molecule has 0 bridgehead atoms. The van der Waals surface area contributed by atoms with Gasteiger partial charge in [0.05, 0.1) is 6.04 Å². The van der Waals surface area contributed by atoms with Crippen molar-refractivity contribution in [2.45, 2.75) is 37.9 Å². The van der Waals surface area contributed by atoms with Gasteiger partial charge >= 0.3 is 5.69 Å². The van der Waals surface area contributed by atoms with Crippen LogP contribution in [-0.4, -0.2) is 30.9 Å². The van der Waals surface area contributed by atoms with Crippen LogP contribution in [0.3, 0.4) is 0 Å². The third kappa shape index (κ3) is 2.13. The lowest BCUT2D eigenvalue weighted by molar-refractivity contribution is 0.229. The fourth-order valence-electron chi connectivity index (χ4n) is 3.06. The first-order valence-electron chi connectivity index (χ1n) is 7.45. The summed E-state index contributed by atoms with van der Waals surface area (Å²) in [6, 6.07) is -0.301. The zero-order chi connectivity index (χ0) is 16.0. The van der Waals surface area contributed by atoms with E-state index in [-0.39, 0.29) is 6.04 Å². The lowest BCUT2D eigenvalue weighted by Crippen LogP contribution is -2.37.